The van der Waals surface area contributed by atoms with Gasteiger partial charge in [-0.15, -0.1) is 0 Å². The van der Waals surface area contributed by atoms with Crippen LogP contribution in [0.5, 0.6) is 0 Å². The van der Waals surface area contributed by atoms with Crippen LogP contribution in [0.4, 0.5) is 0 Å². The Morgan fingerprint density at radius 2 is 1.75 bits per heavy atom. The molecular weight excluding hydrogens is 198 g/mol. The third kappa shape index (κ3) is 1.87. The zero-order valence-electron chi connectivity index (χ0n) is 9.52. The second-order valence-corrected chi connectivity index (χ2v) is 5.15. The van der Waals surface area contributed by atoms with Crippen molar-refractivity contribution in [1.29, 1.82) is 0 Å². The summed E-state index contributed by atoms with van der Waals surface area (Å²) in [5.41, 5.74) is 2.96. The van der Waals surface area contributed by atoms with Crippen molar-refractivity contribution in [3.63, 3.8) is 0 Å². The van der Waals surface area contributed by atoms with E-state index in [9.17, 15) is 5.11 Å². The summed E-state index contributed by atoms with van der Waals surface area (Å²) in [6.45, 7) is 0. The molecule has 0 aromatic heterocycles. The van der Waals surface area contributed by atoms with Crippen molar-refractivity contribution >= 4 is 0 Å². The van der Waals surface area contributed by atoms with Crippen LogP contribution in [0.25, 0.3) is 0 Å². The molecule has 0 spiro atoms. The Kier molecular flexibility index (Phi) is 2.70. The molecule has 1 aromatic carbocycles. The summed E-state index contributed by atoms with van der Waals surface area (Å²) in [6, 6.07) is 9.55. The van der Waals surface area contributed by atoms with Gasteiger partial charge in [-0.3, -0.25) is 0 Å². The van der Waals surface area contributed by atoms with Crippen LogP contribution in [0.3, 0.4) is 0 Å². The maximum absolute atomic E-state index is 9.80. The van der Waals surface area contributed by atoms with E-state index in [1.807, 2.05) is 0 Å². The smallest absolute Gasteiger partial charge is 0.0693 e. The van der Waals surface area contributed by atoms with E-state index in [2.05, 4.69) is 29.6 Å². The first kappa shape index (κ1) is 10.3. The molecule has 0 aliphatic heterocycles. The minimum absolute atomic E-state index is 0.122. The van der Waals surface area contributed by atoms with Crippen LogP contribution in [0, 0.1) is 0 Å². The van der Waals surface area contributed by atoms with E-state index >= 15 is 0 Å². The first-order chi connectivity index (χ1) is 7.83. The molecule has 3 rings (SSSR count). The molecule has 2 aliphatic rings. The van der Waals surface area contributed by atoms with Crippen LogP contribution < -0.4 is 5.32 Å². The first-order valence-corrected chi connectivity index (χ1v) is 6.34. The van der Waals surface area contributed by atoms with Crippen molar-refractivity contribution in [2.45, 2.75) is 50.3 Å². The Bertz CT molecular complexity index is 352. The lowest BCUT2D eigenvalue weighted by atomic mass is 10.1. The quantitative estimate of drug-likeness (QED) is 0.789. The third-order valence-electron chi connectivity index (χ3n) is 3.98. The van der Waals surface area contributed by atoms with Crippen molar-refractivity contribution in [3.8, 4) is 0 Å². The van der Waals surface area contributed by atoms with Crippen LogP contribution >= 0.6 is 0 Å². The number of aliphatic hydroxyl groups excluding tert-OH is 1. The van der Waals surface area contributed by atoms with Gasteiger partial charge in [-0.1, -0.05) is 24.3 Å². The first-order valence-electron chi connectivity index (χ1n) is 6.34. The van der Waals surface area contributed by atoms with Crippen molar-refractivity contribution in [2.24, 2.45) is 0 Å². The number of aliphatic hydroxyl groups is 1. The highest BCUT2D eigenvalue weighted by Gasteiger charge is 2.29. The molecular formula is C14H19NO. The Morgan fingerprint density at radius 1 is 1.06 bits per heavy atom. The molecule has 0 saturated heterocycles. The van der Waals surface area contributed by atoms with Gasteiger partial charge in [-0.05, 0) is 43.2 Å². The van der Waals surface area contributed by atoms with Crippen LogP contribution in [0.2, 0.25) is 0 Å². The molecule has 1 aromatic rings. The molecule has 2 heteroatoms. The number of rotatable bonds is 2. The van der Waals surface area contributed by atoms with E-state index in [1.165, 1.54) is 17.5 Å². The molecule has 0 heterocycles. The van der Waals surface area contributed by atoms with E-state index < -0.39 is 0 Å². The van der Waals surface area contributed by atoms with Gasteiger partial charge in [0.05, 0.1) is 6.10 Å². The summed E-state index contributed by atoms with van der Waals surface area (Å²) in [5.74, 6) is 0. The number of nitrogens with one attached hydrogen (secondary N) is 1. The van der Waals surface area contributed by atoms with E-state index in [1.54, 1.807) is 0 Å². The highest BCUT2D eigenvalue weighted by Crippen LogP contribution is 2.25. The van der Waals surface area contributed by atoms with Crippen molar-refractivity contribution in [3.05, 3.63) is 35.4 Å². The zero-order chi connectivity index (χ0) is 11.0. The molecule has 86 valence electrons. The lowest BCUT2D eigenvalue weighted by molar-refractivity contribution is 0.143. The fourth-order valence-electron chi connectivity index (χ4n) is 3.11. The Labute approximate surface area is 96.7 Å². The standard InChI is InChI=1S/C14H19NO/c16-14-7-3-6-13(14)15-12-8-10-4-1-2-5-11(10)9-12/h1-2,4-5,12-16H,3,6-9H2. The second-order valence-electron chi connectivity index (χ2n) is 5.15. The molecule has 0 bridgehead atoms. The largest absolute Gasteiger partial charge is 0.392 e. The molecule has 1 fully saturated rings. The Morgan fingerprint density at radius 3 is 2.31 bits per heavy atom. The summed E-state index contributed by atoms with van der Waals surface area (Å²) in [4.78, 5) is 0. The fraction of sp³-hybridized carbons (Fsp3) is 0.571. The van der Waals surface area contributed by atoms with Gasteiger partial charge >= 0.3 is 0 Å². The summed E-state index contributed by atoms with van der Waals surface area (Å²) in [6.07, 6.45) is 5.39. The minimum Gasteiger partial charge on any atom is -0.392 e. The van der Waals surface area contributed by atoms with E-state index in [0.717, 1.165) is 25.7 Å². The normalized spacial score (nSPS) is 29.6. The number of fused-ring (bicyclic) bond motifs is 1. The molecule has 2 N–H and O–H groups in total. The topological polar surface area (TPSA) is 32.3 Å². The van der Waals surface area contributed by atoms with Crippen LogP contribution in [0.1, 0.15) is 30.4 Å². The number of hydrogen-bond acceptors (Lipinski definition) is 2. The van der Waals surface area contributed by atoms with Gasteiger partial charge in [0.1, 0.15) is 0 Å². The second kappa shape index (κ2) is 4.19. The van der Waals surface area contributed by atoms with Gasteiger partial charge in [-0.2, -0.15) is 0 Å². The number of hydrogen-bond donors (Lipinski definition) is 2. The van der Waals surface area contributed by atoms with Gasteiger partial charge in [0.25, 0.3) is 0 Å². The lowest BCUT2D eigenvalue weighted by Crippen LogP contribution is -2.43. The molecule has 2 aliphatic carbocycles. The van der Waals surface area contributed by atoms with E-state index in [4.69, 9.17) is 0 Å². The highest BCUT2D eigenvalue weighted by atomic mass is 16.3. The summed E-state index contributed by atoms with van der Waals surface area (Å²) < 4.78 is 0. The van der Waals surface area contributed by atoms with Gasteiger partial charge in [0.15, 0.2) is 0 Å². The Hall–Kier alpha value is -0.860. The molecule has 1 saturated carbocycles. The van der Waals surface area contributed by atoms with Crippen LogP contribution in [-0.4, -0.2) is 23.3 Å². The van der Waals surface area contributed by atoms with Gasteiger partial charge < -0.3 is 10.4 Å². The van der Waals surface area contributed by atoms with Crippen LogP contribution in [-0.2, 0) is 12.8 Å². The maximum atomic E-state index is 9.80. The highest BCUT2D eigenvalue weighted by molar-refractivity contribution is 5.33. The number of benzene rings is 1. The average molecular weight is 217 g/mol. The summed E-state index contributed by atoms with van der Waals surface area (Å²) >= 11 is 0. The van der Waals surface area contributed by atoms with Crippen molar-refractivity contribution in [1.82, 2.24) is 5.32 Å². The summed E-state index contributed by atoms with van der Waals surface area (Å²) in [7, 11) is 0. The predicted molar refractivity (Wildman–Crippen MR) is 64.4 cm³/mol. The van der Waals surface area contributed by atoms with Gasteiger partial charge in [-0.25, -0.2) is 0 Å². The predicted octanol–water partition coefficient (Wildman–Crippen LogP) is 1.66. The molecule has 16 heavy (non-hydrogen) atoms. The molecule has 2 nitrogen and oxygen atoms in total. The molecule has 0 amide bonds. The zero-order valence-corrected chi connectivity index (χ0v) is 9.52. The molecule has 0 radical (unpaired) electrons. The minimum atomic E-state index is -0.122. The van der Waals surface area contributed by atoms with Crippen LogP contribution in [0.15, 0.2) is 24.3 Å². The lowest BCUT2D eigenvalue weighted by Gasteiger charge is -2.21. The SMILES string of the molecule is OC1CCCC1NC1Cc2ccccc2C1. The molecule has 2 unspecified atom stereocenters. The van der Waals surface area contributed by atoms with Crippen molar-refractivity contribution in [2.75, 3.05) is 0 Å². The van der Waals surface area contributed by atoms with E-state index in [0.29, 0.717) is 12.1 Å². The monoisotopic (exact) mass is 217 g/mol. The van der Waals surface area contributed by atoms with Crippen molar-refractivity contribution < 1.29 is 5.11 Å². The summed E-state index contributed by atoms with van der Waals surface area (Å²) in [5, 5.41) is 13.4. The van der Waals surface area contributed by atoms with E-state index in [-0.39, 0.29) is 6.10 Å². The third-order valence-corrected chi connectivity index (χ3v) is 3.98. The molecule has 2 atom stereocenters. The fourth-order valence-corrected chi connectivity index (χ4v) is 3.11. The Balaban J connectivity index is 1.63. The van der Waals surface area contributed by atoms with Gasteiger partial charge in [0, 0.05) is 12.1 Å². The van der Waals surface area contributed by atoms with Gasteiger partial charge in [0.2, 0.25) is 0 Å². The average Bonchev–Trinajstić information content (AvgIpc) is 2.85. The maximum Gasteiger partial charge on any atom is 0.0693 e.